The summed E-state index contributed by atoms with van der Waals surface area (Å²) in [5.74, 6) is 1.24. The molecule has 0 atom stereocenters. The lowest BCUT2D eigenvalue weighted by atomic mass is 10.2. The second-order valence-corrected chi connectivity index (χ2v) is 5.40. The highest BCUT2D eigenvalue weighted by Gasteiger charge is 2.15. The molecule has 2 aromatic carbocycles. The van der Waals surface area contributed by atoms with E-state index in [0.29, 0.717) is 23.9 Å². The number of hydrogen-bond acceptors (Lipinski definition) is 4. The van der Waals surface area contributed by atoms with Gasteiger partial charge in [-0.25, -0.2) is 4.98 Å². The topological polar surface area (TPSA) is 64.4 Å². The van der Waals surface area contributed by atoms with Crippen LogP contribution in [0.15, 0.2) is 59.0 Å². The highest BCUT2D eigenvalue weighted by Crippen LogP contribution is 2.16. The summed E-state index contributed by atoms with van der Waals surface area (Å²) in [7, 11) is 0. The SMILES string of the molecule is Cc1nc(C)c(C(=O)Nc2ccc(COc3ccccc3)cc2)o1. The molecule has 1 amide bonds. The van der Waals surface area contributed by atoms with Gasteiger partial charge in [-0.15, -0.1) is 0 Å². The van der Waals surface area contributed by atoms with Gasteiger partial charge in [0.05, 0.1) is 5.69 Å². The van der Waals surface area contributed by atoms with E-state index in [4.69, 9.17) is 9.15 Å². The molecule has 24 heavy (non-hydrogen) atoms. The molecule has 0 saturated heterocycles. The van der Waals surface area contributed by atoms with Gasteiger partial charge in [-0.3, -0.25) is 4.79 Å². The number of amides is 1. The Morgan fingerprint density at radius 2 is 1.79 bits per heavy atom. The Labute approximate surface area is 140 Å². The van der Waals surface area contributed by atoms with Crippen molar-refractivity contribution in [2.75, 3.05) is 5.32 Å². The van der Waals surface area contributed by atoms with Gasteiger partial charge in [-0.1, -0.05) is 30.3 Å². The van der Waals surface area contributed by atoms with Gasteiger partial charge in [0.2, 0.25) is 5.76 Å². The largest absolute Gasteiger partial charge is 0.489 e. The Bertz CT molecular complexity index is 824. The number of oxazole rings is 1. The molecule has 1 aromatic heterocycles. The van der Waals surface area contributed by atoms with Crippen molar-refractivity contribution in [2.45, 2.75) is 20.5 Å². The molecule has 0 bridgehead atoms. The highest BCUT2D eigenvalue weighted by atomic mass is 16.5. The molecular weight excluding hydrogens is 304 g/mol. The second-order valence-electron chi connectivity index (χ2n) is 5.40. The zero-order chi connectivity index (χ0) is 16.9. The molecule has 5 heteroatoms. The third-order valence-electron chi connectivity index (χ3n) is 3.47. The van der Waals surface area contributed by atoms with E-state index in [1.54, 1.807) is 13.8 Å². The summed E-state index contributed by atoms with van der Waals surface area (Å²) in [4.78, 5) is 16.3. The van der Waals surface area contributed by atoms with E-state index in [1.165, 1.54) is 0 Å². The van der Waals surface area contributed by atoms with Crippen molar-refractivity contribution in [3.8, 4) is 5.75 Å². The molecule has 0 aliphatic heterocycles. The van der Waals surface area contributed by atoms with Crippen LogP contribution in [0.3, 0.4) is 0 Å². The lowest BCUT2D eigenvalue weighted by Crippen LogP contribution is -2.12. The van der Waals surface area contributed by atoms with Crippen LogP contribution >= 0.6 is 0 Å². The third kappa shape index (κ3) is 3.81. The average molecular weight is 322 g/mol. The highest BCUT2D eigenvalue weighted by molar-refractivity contribution is 6.02. The quantitative estimate of drug-likeness (QED) is 0.767. The smallest absolute Gasteiger partial charge is 0.293 e. The summed E-state index contributed by atoms with van der Waals surface area (Å²) in [5, 5.41) is 2.80. The number of para-hydroxylation sites is 1. The van der Waals surface area contributed by atoms with Crippen molar-refractivity contribution in [3.05, 3.63) is 77.5 Å². The van der Waals surface area contributed by atoms with Gasteiger partial charge in [0.25, 0.3) is 5.91 Å². The summed E-state index contributed by atoms with van der Waals surface area (Å²) < 4.78 is 11.0. The molecule has 122 valence electrons. The lowest BCUT2D eigenvalue weighted by Gasteiger charge is -2.07. The Hall–Kier alpha value is -3.08. The van der Waals surface area contributed by atoms with Crippen LogP contribution in [0.2, 0.25) is 0 Å². The van der Waals surface area contributed by atoms with Gasteiger partial charge in [0.15, 0.2) is 5.89 Å². The summed E-state index contributed by atoms with van der Waals surface area (Å²) in [6.45, 7) is 3.93. The zero-order valence-corrected chi connectivity index (χ0v) is 13.6. The molecule has 3 rings (SSSR count). The first-order valence-corrected chi connectivity index (χ1v) is 7.64. The molecule has 0 saturated carbocycles. The predicted molar refractivity (Wildman–Crippen MR) is 91.1 cm³/mol. The van der Waals surface area contributed by atoms with E-state index in [0.717, 1.165) is 11.3 Å². The number of rotatable bonds is 5. The van der Waals surface area contributed by atoms with Gasteiger partial charge in [0, 0.05) is 12.6 Å². The number of carbonyl (C=O) groups is 1. The Kier molecular flexibility index (Phi) is 4.61. The standard InChI is InChI=1S/C19H18N2O3/c1-13-18(24-14(2)20-13)19(22)21-16-10-8-15(9-11-16)12-23-17-6-4-3-5-7-17/h3-11H,12H2,1-2H3,(H,21,22). The molecule has 1 N–H and O–H groups in total. The van der Waals surface area contributed by atoms with Crippen LogP contribution in [0, 0.1) is 13.8 Å². The Balaban J connectivity index is 1.60. The van der Waals surface area contributed by atoms with Crippen molar-refractivity contribution in [1.29, 1.82) is 0 Å². The Morgan fingerprint density at radius 3 is 2.42 bits per heavy atom. The zero-order valence-electron chi connectivity index (χ0n) is 13.6. The van der Waals surface area contributed by atoms with Crippen LogP contribution in [0.4, 0.5) is 5.69 Å². The number of carbonyl (C=O) groups excluding carboxylic acids is 1. The number of ether oxygens (including phenoxy) is 1. The summed E-state index contributed by atoms with van der Waals surface area (Å²) >= 11 is 0. The second kappa shape index (κ2) is 7.00. The van der Waals surface area contributed by atoms with Crippen LogP contribution in [0.1, 0.15) is 27.7 Å². The van der Waals surface area contributed by atoms with Crippen molar-refractivity contribution in [2.24, 2.45) is 0 Å². The average Bonchev–Trinajstić information content (AvgIpc) is 2.94. The molecule has 3 aromatic rings. The van der Waals surface area contributed by atoms with Crippen molar-refractivity contribution in [1.82, 2.24) is 4.98 Å². The Morgan fingerprint density at radius 1 is 1.08 bits per heavy atom. The van der Waals surface area contributed by atoms with Crippen molar-refractivity contribution < 1.29 is 13.9 Å². The maximum atomic E-state index is 12.2. The van der Waals surface area contributed by atoms with E-state index in [-0.39, 0.29) is 11.7 Å². The lowest BCUT2D eigenvalue weighted by molar-refractivity contribution is 0.0994. The molecule has 0 unspecified atom stereocenters. The minimum Gasteiger partial charge on any atom is -0.489 e. The van der Waals surface area contributed by atoms with Crippen LogP contribution in [-0.2, 0) is 6.61 Å². The number of hydrogen-bond donors (Lipinski definition) is 1. The maximum Gasteiger partial charge on any atom is 0.293 e. The van der Waals surface area contributed by atoms with Gasteiger partial charge < -0.3 is 14.5 Å². The number of anilines is 1. The van der Waals surface area contributed by atoms with Gasteiger partial charge >= 0.3 is 0 Å². The fraction of sp³-hybridized carbons (Fsp3) is 0.158. The minimum atomic E-state index is -0.304. The molecular formula is C19H18N2O3. The van der Waals surface area contributed by atoms with E-state index in [2.05, 4.69) is 10.3 Å². The van der Waals surface area contributed by atoms with Gasteiger partial charge in [-0.2, -0.15) is 0 Å². The summed E-state index contributed by atoms with van der Waals surface area (Å²) in [6, 6.07) is 17.1. The van der Waals surface area contributed by atoms with Crippen LogP contribution in [0.25, 0.3) is 0 Å². The maximum absolute atomic E-state index is 12.2. The molecule has 0 aliphatic rings. The van der Waals surface area contributed by atoms with Crippen molar-refractivity contribution in [3.63, 3.8) is 0 Å². The first-order valence-electron chi connectivity index (χ1n) is 7.64. The molecule has 1 heterocycles. The summed E-state index contributed by atoms with van der Waals surface area (Å²) in [6.07, 6.45) is 0. The van der Waals surface area contributed by atoms with Crippen molar-refractivity contribution >= 4 is 11.6 Å². The molecule has 0 radical (unpaired) electrons. The first kappa shape index (κ1) is 15.8. The first-order chi connectivity index (χ1) is 11.6. The number of nitrogens with one attached hydrogen (secondary N) is 1. The normalized spacial score (nSPS) is 10.4. The molecule has 5 nitrogen and oxygen atoms in total. The van der Waals surface area contributed by atoms with Crippen LogP contribution in [0.5, 0.6) is 5.75 Å². The van der Waals surface area contributed by atoms with E-state index in [1.807, 2.05) is 54.6 Å². The fourth-order valence-electron chi connectivity index (χ4n) is 2.30. The number of aromatic nitrogens is 1. The molecule has 0 fully saturated rings. The van der Waals surface area contributed by atoms with E-state index < -0.39 is 0 Å². The van der Waals surface area contributed by atoms with Gasteiger partial charge in [-0.05, 0) is 36.8 Å². The fourth-order valence-corrected chi connectivity index (χ4v) is 2.30. The number of aryl methyl sites for hydroxylation is 2. The molecule has 0 spiro atoms. The minimum absolute atomic E-state index is 0.240. The van der Waals surface area contributed by atoms with E-state index >= 15 is 0 Å². The predicted octanol–water partition coefficient (Wildman–Crippen LogP) is 4.12. The van der Waals surface area contributed by atoms with Crippen LogP contribution in [-0.4, -0.2) is 10.9 Å². The monoisotopic (exact) mass is 322 g/mol. The number of nitrogens with zero attached hydrogens (tertiary/aromatic N) is 1. The van der Waals surface area contributed by atoms with Gasteiger partial charge in [0.1, 0.15) is 12.4 Å². The van der Waals surface area contributed by atoms with Crippen LogP contribution < -0.4 is 10.1 Å². The number of benzene rings is 2. The molecule has 0 aliphatic carbocycles. The third-order valence-corrected chi connectivity index (χ3v) is 3.47. The summed E-state index contributed by atoms with van der Waals surface area (Å²) in [5.41, 5.74) is 2.29. The van der Waals surface area contributed by atoms with E-state index in [9.17, 15) is 4.79 Å².